The highest BCUT2D eigenvalue weighted by atomic mass is 16.5. The molecule has 0 aliphatic carbocycles. The monoisotopic (exact) mass is 440 g/mol. The highest BCUT2D eigenvalue weighted by Crippen LogP contribution is 2.38. The summed E-state index contributed by atoms with van der Waals surface area (Å²) >= 11 is 0. The molecule has 1 heterocycles. The average molecular weight is 441 g/mol. The van der Waals surface area contributed by atoms with Gasteiger partial charge in [-0.25, -0.2) is 4.90 Å². The van der Waals surface area contributed by atoms with E-state index >= 15 is 0 Å². The topological polar surface area (TPSA) is 49.9 Å². The first-order chi connectivity index (χ1) is 15.9. The highest BCUT2D eigenvalue weighted by Gasteiger charge is 2.43. The number of hydrogen-bond acceptors (Lipinski definition) is 4. The molecule has 0 radical (unpaired) electrons. The fourth-order valence-electron chi connectivity index (χ4n) is 4.11. The van der Waals surface area contributed by atoms with Crippen LogP contribution >= 0.6 is 0 Å². The summed E-state index contributed by atoms with van der Waals surface area (Å²) in [4.78, 5) is 30.8. The van der Waals surface area contributed by atoms with Crippen molar-refractivity contribution in [1.82, 2.24) is 0 Å². The van der Waals surface area contributed by atoms with E-state index in [9.17, 15) is 9.59 Å². The summed E-state index contributed by atoms with van der Waals surface area (Å²) < 4.78 is 5.76. The molecular weight excluding hydrogens is 412 g/mol. The van der Waals surface area contributed by atoms with E-state index in [2.05, 4.69) is 0 Å². The number of likely N-dealkylation sites (N-methyl/N-ethyl adjacent to an activating group) is 1. The van der Waals surface area contributed by atoms with Crippen LogP contribution in [0.2, 0.25) is 0 Å². The molecule has 1 aliphatic heterocycles. The van der Waals surface area contributed by atoms with Gasteiger partial charge in [-0.2, -0.15) is 0 Å². The number of hydrogen-bond donors (Lipinski definition) is 0. The molecule has 4 rings (SSSR count). The smallest absolute Gasteiger partial charge is 0.282 e. The van der Waals surface area contributed by atoms with Crippen molar-refractivity contribution < 1.29 is 14.3 Å². The molecule has 3 aromatic rings. The normalized spacial score (nSPS) is 13.8. The SMILES string of the molecule is CCN(C1=C(c2ccc(OC(C)C)cc2)C(=O)N(c2ccccc2C)C1=O)c1ccccc1. The predicted octanol–water partition coefficient (Wildman–Crippen LogP) is 5.59. The van der Waals surface area contributed by atoms with Gasteiger partial charge in [-0.05, 0) is 69.2 Å². The number of aryl methyl sites for hydroxylation is 1. The summed E-state index contributed by atoms with van der Waals surface area (Å²) in [6, 6.07) is 24.5. The van der Waals surface area contributed by atoms with Crippen molar-refractivity contribution in [1.29, 1.82) is 0 Å². The van der Waals surface area contributed by atoms with Crippen molar-refractivity contribution in [2.75, 3.05) is 16.3 Å². The fraction of sp³-hybridized carbons (Fsp3) is 0.214. The molecule has 5 nitrogen and oxygen atoms in total. The molecule has 0 bridgehead atoms. The first-order valence-electron chi connectivity index (χ1n) is 11.2. The van der Waals surface area contributed by atoms with Crippen LogP contribution in [0, 0.1) is 6.92 Å². The number of para-hydroxylation sites is 2. The lowest BCUT2D eigenvalue weighted by Gasteiger charge is -2.25. The molecule has 0 saturated carbocycles. The summed E-state index contributed by atoms with van der Waals surface area (Å²) in [5.41, 5.74) is 3.79. The molecule has 168 valence electrons. The largest absolute Gasteiger partial charge is 0.491 e. The maximum absolute atomic E-state index is 13.8. The van der Waals surface area contributed by atoms with Crippen LogP contribution in [0.25, 0.3) is 5.57 Å². The van der Waals surface area contributed by atoms with Gasteiger partial charge in [0.05, 0.1) is 17.4 Å². The molecule has 0 spiro atoms. The Morgan fingerprint density at radius 3 is 2.09 bits per heavy atom. The summed E-state index contributed by atoms with van der Waals surface area (Å²) in [5, 5.41) is 0. The lowest BCUT2D eigenvalue weighted by atomic mass is 10.0. The van der Waals surface area contributed by atoms with Gasteiger partial charge in [0.25, 0.3) is 11.8 Å². The van der Waals surface area contributed by atoms with Gasteiger partial charge in [0.1, 0.15) is 11.4 Å². The Balaban J connectivity index is 1.87. The first-order valence-corrected chi connectivity index (χ1v) is 11.2. The molecule has 0 aromatic heterocycles. The van der Waals surface area contributed by atoms with Gasteiger partial charge in [-0.1, -0.05) is 48.5 Å². The Labute approximate surface area is 194 Å². The maximum Gasteiger partial charge on any atom is 0.282 e. The zero-order valence-electron chi connectivity index (χ0n) is 19.4. The molecule has 0 N–H and O–H groups in total. The van der Waals surface area contributed by atoms with E-state index in [0.717, 1.165) is 17.0 Å². The Hall–Kier alpha value is -3.86. The van der Waals surface area contributed by atoms with Crippen LogP contribution in [0.5, 0.6) is 5.75 Å². The second kappa shape index (κ2) is 9.33. The number of nitrogens with zero attached hydrogens (tertiary/aromatic N) is 2. The van der Waals surface area contributed by atoms with Gasteiger partial charge in [0.15, 0.2) is 0 Å². The van der Waals surface area contributed by atoms with E-state index in [0.29, 0.717) is 29.1 Å². The van der Waals surface area contributed by atoms with Crippen LogP contribution in [0.3, 0.4) is 0 Å². The molecule has 5 heteroatoms. The van der Waals surface area contributed by atoms with Crippen molar-refractivity contribution >= 4 is 28.8 Å². The van der Waals surface area contributed by atoms with Crippen LogP contribution in [-0.2, 0) is 9.59 Å². The van der Waals surface area contributed by atoms with E-state index in [1.54, 1.807) is 0 Å². The minimum atomic E-state index is -0.323. The molecule has 0 fully saturated rings. The van der Waals surface area contributed by atoms with Crippen LogP contribution in [0.4, 0.5) is 11.4 Å². The molecule has 2 amide bonds. The molecule has 33 heavy (non-hydrogen) atoms. The van der Waals surface area contributed by atoms with Gasteiger partial charge in [0.2, 0.25) is 0 Å². The van der Waals surface area contributed by atoms with Crippen molar-refractivity contribution in [2.45, 2.75) is 33.8 Å². The Bertz CT molecular complexity index is 1200. The molecule has 1 aliphatic rings. The zero-order chi connectivity index (χ0) is 23.5. The van der Waals surface area contributed by atoms with Crippen molar-refractivity contribution in [3.63, 3.8) is 0 Å². The summed E-state index contributed by atoms with van der Waals surface area (Å²) in [6.07, 6.45) is 0.0468. The number of anilines is 2. The number of rotatable bonds is 7. The summed E-state index contributed by atoms with van der Waals surface area (Å²) in [5.74, 6) is 0.0764. The number of carbonyl (C=O) groups excluding carboxylic acids is 2. The van der Waals surface area contributed by atoms with Crippen LogP contribution in [0.15, 0.2) is 84.6 Å². The molecule has 0 unspecified atom stereocenters. The molecular formula is C28H28N2O3. The molecule has 0 saturated heterocycles. The van der Waals surface area contributed by atoms with Gasteiger partial charge in [0, 0.05) is 12.2 Å². The predicted molar refractivity (Wildman–Crippen MR) is 132 cm³/mol. The van der Waals surface area contributed by atoms with Gasteiger partial charge < -0.3 is 9.64 Å². The first kappa shape index (κ1) is 22.3. The average Bonchev–Trinajstić information content (AvgIpc) is 3.06. The van der Waals surface area contributed by atoms with Gasteiger partial charge in [-0.3, -0.25) is 9.59 Å². The third-order valence-corrected chi connectivity index (χ3v) is 5.58. The van der Waals surface area contributed by atoms with E-state index in [1.165, 1.54) is 4.90 Å². The van der Waals surface area contributed by atoms with Gasteiger partial charge >= 0.3 is 0 Å². The standard InChI is InChI=1S/C28H28N2O3/c1-5-29(22-12-7-6-8-13-22)26-25(21-15-17-23(18-16-21)33-19(2)3)27(31)30(28(26)32)24-14-10-9-11-20(24)4/h6-19H,5H2,1-4H3. The fourth-order valence-corrected chi connectivity index (χ4v) is 4.11. The van der Waals surface area contributed by atoms with E-state index in [-0.39, 0.29) is 17.9 Å². The zero-order valence-corrected chi connectivity index (χ0v) is 19.4. The number of carbonyl (C=O) groups is 2. The van der Waals surface area contributed by atoms with Gasteiger partial charge in [-0.15, -0.1) is 0 Å². The van der Waals surface area contributed by atoms with E-state index in [4.69, 9.17) is 4.74 Å². The minimum Gasteiger partial charge on any atom is -0.491 e. The Morgan fingerprint density at radius 2 is 1.48 bits per heavy atom. The van der Waals surface area contributed by atoms with E-state index in [1.807, 2.05) is 111 Å². The molecule has 3 aromatic carbocycles. The lowest BCUT2D eigenvalue weighted by Crippen LogP contribution is -2.35. The maximum atomic E-state index is 13.8. The van der Waals surface area contributed by atoms with Crippen LogP contribution < -0.4 is 14.5 Å². The van der Waals surface area contributed by atoms with E-state index < -0.39 is 0 Å². The minimum absolute atomic E-state index is 0.0468. The Kier molecular flexibility index (Phi) is 6.31. The highest BCUT2D eigenvalue weighted by molar-refractivity contribution is 6.46. The summed E-state index contributed by atoms with van der Waals surface area (Å²) in [7, 11) is 0. The van der Waals surface area contributed by atoms with Crippen molar-refractivity contribution in [3.8, 4) is 5.75 Å². The molecule has 0 atom stereocenters. The van der Waals surface area contributed by atoms with Crippen molar-refractivity contribution in [3.05, 3.63) is 95.7 Å². The second-order valence-electron chi connectivity index (χ2n) is 8.23. The second-order valence-corrected chi connectivity index (χ2v) is 8.23. The van der Waals surface area contributed by atoms with Crippen LogP contribution in [-0.4, -0.2) is 24.5 Å². The number of imide groups is 1. The quantitative estimate of drug-likeness (QED) is 0.449. The number of benzene rings is 3. The Morgan fingerprint density at radius 1 is 0.848 bits per heavy atom. The third-order valence-electron chi connectivity index (χ3n) is 5.58. The number of ether oxygens (including phenoxy) is 1. The van der Waals surface area contributed by atoms with Crippen molar-refractivity contribution in [2.24, 2.45) is 0 Å². The lowest BCUT2D eigenvalue weighted by molar-refractivity contribution is -0.120. The number of amides is 2. The van der Waals surface area contributed by atoms with Crippen LogP contribution in [0.1, 0.15) is 31.9 Å². The third kappa shape index (κ3) is 4.27. The summed E-state index contributed by atoms with van der Waals surface area (Å²) in [6.45, 7) is 8.35.